The molecule has 0 aliphatic carbocycles. The Balaban J connectivity index is 1.48. The lowest BCUT2D eigenvalue weighted by molar-refractivity contribution is 0.0751. The highest BCUT2D eigenvalue weighted by atomic mass is 32.2. The molecular weight excluding hydrogens is 402 g/mol. The first kappa shape index (κ1) is 20.2. The molecule has 0 atom stereocenters. The fourth-order valence-electron chi connectivity index (χ4n) is 3.49. The van der Waals surface area contributed by atoms with Crippen LogP contribution >= 0.6 is 0 Å². The van der Waals surface area contributed by atoms with E-state index in [1.165, 1.54) is 18.4 Å². The Kier molecular flexibility index (Phi) is 5.61. The van der Waals surface area contributed by atoms with Crippen LogP contribution in [0.2, 0.25) is 0 Å². The van der Waals surface area contributed by atoms with Crippen molar-refractivity contribution in [3.05, 3.63) is 83.8 Å². The van der Waals surface area contributed by atoms with E-state index in [0.717, 1.165) is 17.8 Å². The van der Waals surface area contributed by atoms with Crippen molar-refractivity contribution in [1.29, 1.82) is 0 Å². The van der Waals surface area contributed by atoms with Gasteiger partial charge < -0.3 is 14.2 Å². The quantitative estimate of drug-likeness (QED) is 0.680. The number of likely N-dealkylation sites (N-methyl/N-ethyl adjacent to an activating group) is 1. The van der Waals surface area contributed by atoms with Crippen molar-refractivity contribution in [3.8, 4) is 0 Å². The van der Waals surface area contributed by atoms with Crippen LogP contribution in [0.1, 0.15) is 21.7 Å². The minimum Gasteiger partial charge on any atom is -0.468 e. The summed E-state index contributed by atoms with van der Waals surface area (Å²) >= 11 is 0. The van der Waals surface area contributed by atoms with E-state index in [2.05, 4.69) is 15.7 Å². The molecule has 30 heavy (non-hydrogen) atoms. The van der Waals surface area contributed by atoms with Crippen LogP contribution in [0.25, 0.3) is 0 Å². The molecule has 8 heteroatoms. The van der Waals surface area contributed by atoms with E-state index in [1.54, 1.807) is 29.2 Å². The predicted octanol–water partition coefficient (Wildman–Crippen LogP) is 2.85. The number of para-hydroxylation sites is 1. The Labute approximate surface area is 176 Å². The molecule has 2 aromatic carbocycles. The van der Waals surface area contributed by atoms with Crippen molar-refractivity contribution in [2.24, 2.45) is 0 Å². The maximum atomic E-state index is 13.0. The normalized spacial score (nSPS) is 14.3. The lowest BCUT2D eigenvalue weighted by Gasteiger charge is -2.21. The number of hydrogen-bond donors (Lipinski definition) is 1. The van der Waals surface area contributed by atoms with Gasteiger partial charge in [-0.3, -0.25) is 4.79 Å². The summed E-state index contributed by atoms with van der Waals surface area (Å²) in [7, 11) is -1.68. The van der Waals surface area contributed by atoms with Gasteiger partial charge in [-0.05, 0) is 48.0 Å². The molecule has 3 aromatic rings. The third-order valence-electron chi connectivity index (χ3n) is 5.18. The van der Waals surface area contributed by atoms with E-state index in [9.17, 15) is 13.2 Å². The number of anilines is 1. The van der Waals surface area contributed by atoms with Crippen LogP contribution in [0.5, 0.6) is 0 Å². The third-order valence-corrected chi connectivity index (χ3v) is 6.60. The maximum absolute atomic E-state index is 13.0. The van der Waals surface area contributed by atoms with Gasteiger partial charge >= 0.3 is 0 Å². The van der Waals surface area contributed by atoms with Gasteiger partial charge in [0.15, 0.2) is 0 Å². The fourth-order valence-corrected chi connectivity index (χ4v) is 4.48. The molecule has 7 nitrogen and oxygen atoms in total. The molecule has 0 radical (unpaired) electrons. The fraction of sp³-hybridized carbons (Fsp3) is 0.227. The second-order valence-corrected chi connectivity index (χ2v) is 8.97. The smallest absolute Gasteiger partial charge is 0.254 e. The first-order valence-corrected chi connectivity index (χ1v) is 11.1. The SMILES string of the molecule is CN1CCN(C(=O)c2ccc(S(=O)(=O)NCc3ccco3)cc2)Cc2ccccc21. The highest BCUT2D eigenvalue weighted by Crippen LogP contribution is 2.24. The summed E-state index contributed by atoms with van der Waals surface area (Å²) in [4.78, 5) is 17.1. The number of furan rings is 1. The highest BCUT2D eigenvalue weighted by molar-refractivity contribution is 7.89. The molecule has 4 rings (SSSR count). The molecule has 1 aliphatic heterocycles. The summed E-state index contributed by atoms with van der Waals surface area (Å²) in [6.45, 7) is 1.90. The average Bonchev–Trinajstić information content (AvgIpc) is 3.23. The van der Waals surface area contributed by atoms with E-state index >= 15 is 0 Å². The number of rotatable bonds is 5. The van der Waals surface area contributed by atoms with Crippen molar-refractivity contribution in [3.63, 3.8) is 0 Å². The van der Waals surface area contributed by atoms with Crippen molar-refractivity contribution >= 4 is 21.6 Å². The van der Waals surface area contributed by atoms with Crippen LogP contribution in [-0.4, -0.2) is 39.4 Å². The summed E-state index contributed by atoms with van der Waals surface area (Å²) in [5.74, 6) is 0.407. The van der Waals surface area contributed by atoms with Crippen molar-refractivity contribution in [2.75, 3.05) is 25.0 Å². The molecule has 0 fully saturated rings. The van der Waals surface area contributed by atoms with Gasteiger partial charge in [0, 0.05) is 37.9 Å². The zero-order valence-corrected chi connectivity index (χ0v) is 17.4. The molecule has 156 valence electrons. The molecular formula is C22H23N3O4S. The van der Waals surface area contributed by atoms with E-state index in [4.69, 9.17) is 4.42 Å². The molecule has 0 unspecified atom stereocenters. The molecule has 2 heterocycles. The average molecular weight is 426 g/mol. The number of nitrogens with one attached hydrogen (secondary N) is 1. The Morgan fingerprint density at radius 2 is 1.80 bits per heavy atom. The van der Waals surface area contributed by atoms with Gasteiger partial charge in [0.1, 0.15) is 5.76 Å². The number of fused-ring (bicyclic) bond motifs is 1. The summed E-state index contributed by atoms with van der Waals surface area (Å²) in [6.07, 6.45) is 1.49. The molecule has 0 saturated carbocycles. The zero-order chi connectivity index (χ0) is 21.1. The van der Waals surface area contributed by atoms with Gasteiger partial charge in [0.25, 0.3) is 5.91 Å². The topological polar surface area (TPSA) is 82.9 Å². The molecule has 0 spiro atoms. The Hall–Kier alpha value is -3.10. The lowest BCUT2D eigenvalue weighted by atomic mass is 10.1. The van der Waals surface area contributed by atoms with Crippen molar-refractivity contribution in [2.45, 2.75) is 18.0 Å². The second-order valence-electron chi connectivity index (χ2n) is 7.21. The van der Waals surface area contributed by atoms with Crippen LogP contribution in [-0.2, 0) is 23.1 Å². The van der Waals surface area contributed by atoms with Gasteiger partial charge in [0.05, 0.1) is 17.7 Å². The number of amides is 1. The standard InChI is InChI=1S/C22H23N3O4S/c1-24-12-13-25(16-18-5-2-3-7-21(18)24)22(26)17-8-10-20(11-9-17)30(27,28)23-15-19-6-4-14-29-19/h2-11,14,23H,12-13,15-16H2,1H3. The number of benzene rings is 2. The van der Waals surface area contributed by atoms with Crippen LogP contribution in [0.15, 0.2) is 76.2 Å². The van der Waals surface area contributed by atoms with Crippen LogP contribution in [0.3, 0.4) is 0 Å². The van der Waals surface area contributed by atoms with Crippen molar-refractivity contribution in [1.82, 2.24) is 9.62 Å². The number of carbonyl (C=O) groups excluding carboxylic acids is 1. The molecule has 0 saturated heterocycles. The minimum atomic E-state index is -3.70. The first-order valence-electron chi connectivity index (χ1n) is 9.64. The van der Waals surface area contributed by atoms with Gasteiger partial charge in [-0.15, -0.1) is 0 Å². The van der Waals surface area contributed by atoms with E-state index in [-0.39, 0.29) is 17.3 Å². The van der Waals surface area contributed by atoms with Crippen molar-refractivity contribution < 1.29 is 17.6 Å². The van der Waals surface area contributed by atoms with Gasteiger partial charge in [-0.25, -0.2) is 13.1 Å². The Morgan fingerprint density at radius 1 is 1.03 bits per heavy atom. The number of nitrogens with zero attached hydrogens (tertiary/aromatic N) is 2. The lowest BCUT2D eigenvalue weighted by Crippen LogP contribution is -2.34. The summed E-state index contributed by atoms with van der Waals surface area (Å²) in [5, 5.41) is 0. The zero-order valence-electron chi connectivity index (χ0n) is 16.6. The van der Waals surface area contributed by atoms with Gasteiger partial charge in [-0.1, -0.05) is 18.2 Å². The Bertz CT molecular complexity index is 1130. The summed E-state index contributed by atoms with van der Waals surface area (Å²) in [6, 6.07) is 17.5. The molecule has 0 bridgehead atoms. The minimum absolute atomic E-state index is 0.0662. The Morgan fingerprint density at radius 3 is 2.53 bits per heavy atom. The molecule has 1 aliphatic rings. The highest BCUT2D eigenvalue weighted by Gasteiger charge is 2.23. The number of sulfonamides is 1. The first-order chi connectivity index (χ1) is 14.4. The molecule has 1 N–H and O–H groups in total. The van der Waals surface area contributed by atoms with E-state index in [1.807, 2.05) is 25.2 Å². The molecule has 1 amide bonds. The number of carbonyl (C=O) groups is 1. The van der Waals surface area contributed by atoms with Gasteiger partial charge in [0.2, 0.25) is 10.0 Å². The monoisotopic (exact) mass is 425 g/mol. The van der Waals surface area contributed by atoms with Crippen LogP contribution < -0.4 is 9.62 Å². The van der Waals surface area contributed by atoms with E-state index in [0.29, 0.717) is 24.4 Å². The maximum Gasteiger partial charge on any atom is 0.254 e. The van der Waals surface area contributed by atoms with Gasteiger partial charge in [-0.2, -0.15) is 0 Å². The largest absolute Gasteiger partial charge is 0.468 e. The predicted molar refractivity (Wildman–Crippen MR) is 114 cm³/mol. The van der Waals surface area contributed by atoms with Crippen LogP contribution in [0.4, 0.5) is 5.69 Å². The van der Waals surface area contributed by atoms with E-state index < -0.39 is 10.0 Å². The third kappa shape index (κ3) is 4.24. The number of hydrogen-bond acceptors (Lipinski definition) is 5. The summed E-state index contributed by atoms with van der Waals surface area (Å²) in [5.41, 5.74) is 2.67. The summed E-state index contributed by atoms with van der Waals surface area (Å²) < 4.78 is 32.6. The molecule has 1 aromatic heterocycles. The second kappa shape index (κ2) is 8.33. The van der Waals surface area contributed by atoms with Crippen LogP contribution in [0, 0.1) is 0 Å².